The first-order chi connectivity index (χ1) is 13.9. The van der Waals surface area contributed by atoms with Crippen molar-refractivity contribution in [2.45, 2.75) is 45.9 Å². The maximum Gasteiger partial charge on any atom is 0.212 e. The zero-order chi connectivity index (χ0) is 22.1. The van der Waals surface area contributed by atoms with Crippen LogP contribution < -0.4 is 4.57 Å². The van der Waals surface area contributed by atoms with E-state index in [9.17, 15) is 0 Å². The molecule has 3 aromatic rings. The molecular formula is C25H28N+. The van der Waals surface area contributed by atoms with Crippen LogP contribution in [-0.2, 0) is 12.5 Å². The van der Waals surface area contributed by atoms with Crippen LogP contribution in [0.5, 0.6) is 0 Å². The summed E-state index contributed by atoms with van der Waals surface area (Å²) in [6.45, 7) is 5.60. The fraction of sp³-hybridized carbons (Fsp3) is 0.320. The molecule has 2 aromatic carbocycles. The number of hydrogen-bond donors (Lipinski definition) is 0. The normalized spacial score (nSPS) is 19.4. The van der Waals surface area contributed by atoms with Gasteiger partial charge >= 0.3 is 0 Å². The molecule has 0 saturated carbocycles. The maximum absolute atomic E-state index is 8.51. The third-order valence-electron chi connectivity index (χ3n) is 5.78. The Bertz CT molecular complexity index is 1160. The molecule has 0 radical (unpaired) electrons. The number of rotatable bonds is 2. The molecule has 132 valence electrons. The predicted octanol–water partition coefficient (Wildman–Crippen LogP) is 5.92. The van der Waals surface area contributed by atoms with Crippen molar-refractivity contribution in [1.29, 1.82) is 0 Å². The fourth-order valence-electron chi connectivity index (χ4n) is 4.20. The Morgan fingerprint density at radius 2 is 1.77 bits per heavy atom. The Morgan fingerprint density at radius 3 is 2.50 bits per heavy atom. The third-order valence-corrected chi connectivity index (χ3v) is 5.78. The van der Waals surface area contributed by atoms with Gasteiger partial charge in [0.05, 0.1) is 0 Å². The van der Waals surface area contributed by atoms with E-state index in [0.29, 0.717) is 5.56 Å². The van der Waals surface area contributed by atoms with Gasteiger partial charge in [-0.15, -0.1) is 0 Å². The molecule has 1 aliphatic carbocycles. The van der Waals surface area contributed by atoms with Gasteiger partial charge in [0.15, 0.2) is 6.20 Å². The van der Waals surface area contributed by atoms with Crippen LogP contribution in [0.25, 0.3) is 22.4 Å². The van der Waals surface area contributed by atoms with Gasteiger partial charge in [0, 0.05) is 28.6 Å². The number of benzene rings is 2. The van der Waals surface area contributed by atoms with Gasteiger partial charge in [-0.25, -0.2) is 4.57 Å². The molecule has 1 atom stereocenters. The zero-order valence-corrected chi connectivity index (χ0v) is 16.1. The van der Waals surface area contributed by atoms with E-state index in [4.69, 9.17) is 5.48 Å². The van der Waals surface area contributed by atoms with Crippen molar-refractivity contribution in [3.8, 4) is 22.4 Å². The Balaban J connectivity index is 1.93. The van der Waals surface area contributed by atoms with E-state index in [2.05, 4.69) is 62.8 Å². The second-order valence-electron chi connectivity index (χ2n) is 7.92. The van der Waals surface area contributed by atoms with Gasteiger partial charge < -0.3 is 0 Å². The smallest absolute Gasteiger partial charge is 0.201 e. The minimum absolute atomic E-state index is 0.256. The topological polar surface area (TPSA) is 3.88 Å². The monoisotopic (exact) mass is 346 g/mol. The highest BCUT2D eigenvalue weighted by Crippen LogP contribution is 2.50. The van der Waals surface area contributed by atoms with Gasteiger partial charge in [-0.1, -0.05) is 51.9 Å². The SMILES string of the molecule is [2H]C([2H])([2H])C([2H])(C)c1ccc2c(c1)C(C)(C)c1cc(C)c(-c3cccc[n+]3C)cc1-2. The van der Waals surface area contributed by atoms with Crippen LogP contribution in [0.15, 0.2) is 54.7 Å². The average Bonchev–Trinajstić information content (AvgIpc) is 2.87. The first kappa shape index (κ1) is 12.9. The highest BCUT2D eigenvalue weighted by atomic mass is 14.9. The van der Waals surface area contributed by atoms with Crippen molar-refractivity contribution in [1.82, 2.24) is 0 Å². The van der Waals surface area contributed by atoms with Crippen molar-refractivity contribution in [3.63, 3.8) is 0 Å². The molecule has 1 unspecified atom stereocenters. The molecule has 0 bridgehead atoms. The number of aromatic nitrogens is 1. The number of pyridine rings is 1. The lowest BCUT2D eigenvalue weighted by molar-refractivity contribution is -0.660. The quantitative estimate of drug-likeness (QED) is 0.507. The highest BCUT2D eigenvalue weighted by Gasteiger charge is 2.36. The second-order valence-corrected chi connectivity index (χ2v) is 7.92. The molecule has 0 aliphatic heterocycles. The highest BCUT2D eigenvalue weighted by molar-refractivity contribution is 5.85. The van der Waals surface area contributed by atoms with Gasteiger partial charge in [-0.05, 0) is 58.3 Å². The lowest BCUT2D eigenvalue weighted by Crippen LogP contribution is -2.30. The number of hydrogen-bond acceptors (Lipinski definition) is 0. The summed E-state index contributed by atoms with van der Waals surface area (Å²) in [4.78, 5) is 0. The van der Waals surface area contributed by atoms with Crippen LogP contribution >= 0.6 is 0 Å². The van der Waals surface area contributed by atoms with E-state index in [1.54, 1.807) is 0 Å². The van der Waals surface area contributed by atoms with Crippen molar-refractivity contribution >= 4 is 0 Å². The van der Waals surface area contributed by atoms with Gasteiger partial charge in [0.25, 0.3) is 0 Å². The van der Waals surface area contributed by atoms with E-state index in [-0.39, 0.29) is 5.41 Å². The van der Waals surface area contributed by atoms with Gasteiger partial charge in [-0.2, -0.15) is 0 Å². The standard InChI is InChI=1S/C25H28N/c1-16(2)18-10-11-19-21-15-20(24-9-7-8-12-26(24)6)17(3)13-22(21)25(4,5)23(19)14-18/h7-16H,1-6H3/q+1/i1D3,16D. The molecule has 0 amide bonds. The molecule has 1 nitrogen and oxygen atoms in total. The molecule has 4 rings (SSSR count). The molecule has 0 spiro atoms. The number of fused-ring (bicyclic) bond motifs is 3. The molecule has 26 heavy (non-hydrogen) atoms. The van der Waals surface area contributed by atoms with E-state index >= 15 is 0 Å². The predicted molar refractivity (Wildman–Crippen MR) is 109 cm³/mol. The summed E-state index contributed by atoms with van der Waals surface area (Å²) in [7, 11) is 2.05. The number of aryl methyl sites for hydroxylation is 2. The van der Waals surface area contributed by atoms with Gasteiger partial charge in [0.2, 0.25) is 5.69 Å². The summed E-state index contributed by atoms with van der Waals surface area (Å²) < 4.78 is 34.1. The van der Waals surface area contributed by atoms with Gasteiger partial charge in [0.1, 0.15) is 7.05 Å². The van der Waals surface area contributed by atoms with E-state index in [0.717, 1.165) is 16.8 Å². The Hall–Kier alpha value is -2.41. The maximum atomic E-state index is 8.51. The second kappa shape index (κ2) is 5.81. The van der Waals surface area contributed by atoms with Crippen LogP contribution in [-0.4, -0.2) is 0 Å². The largest absolute Gasteiger partial charge is 0.212 e. The molecule has 1 heteroatoms. The Kier molecular flexibility index (Phi) is 2.87. The molecule has 0 saturated heterocycles. The van der Waals surface area contributed by atoms with Crippen molar-refractivity contribution in [2.24, 2.45) is 7.05 Å². The lowest BCUT2D eigenvalue weighted by Gasteiger charge is -2.23. The Labute approximate surface area is 163 Å². The minimum Gasteiger partial charge on any atom is -0.201 e. The van der Waals surface area contributed by atoms with E-state index in [1.807, 2.05) is 24.3 Å². The molecule has 1 aromatic heterocycles. The first-order valence-electron chi connectivity index (χ1n) is 11.1. The zero-order valence-electron chi connectivity index (χ0n) is 20.1. The summed E-state index contributed by atoms with van der Waals surface area (Å²) in [5, 5.41) is 0. The third kappa shape index (κ3) is 2.41. The summed E-state index contributed by atoms with van der Waals surface area (Å²) in [5.74, 6) is -1.65. The fourth-order valence-corrected chi connectivity index (χ4v) is 4.20. The van der Waals surface area contributed by atoms with E-state index in [1.165, 1.54) is 29.2 Å². The van der Waals surface area contributed by atoms with Crippen molar-refractivity contribution in [3.05, 3.63) is 77.0 Å². The average molecular weight is 347 g/mol. The van der Waals surface area contributed by atoms with Crippen LogP contribution in [0.2, 0.25) is 0 Å². The van der Waals surface area contributed by atoms with Crippen molar-refractivity contribution < 1.29 is 10.1 Å². The molecule has 0 fully saturated rings. The Morgan fingerprint density at radius 1 is 1.00 bits per heavy atom. The van der Waals surface area contributed by atoms with Crippen LogP contribution in [0, 0.1) is 6.92 Å². The first-order valence-corrected chi connectivity index (χ1v) is 9.11. The van der Waals surface area contributed by atoms with Gasteiger partial charge in [-0.3, -0.25) is 0 Å². The summed E-state index contributed by atoms with van der Waals surface area (Å²) in [6, 6.07) is 16.5. The lowest BCUT2D eigenvalue weighted by atomic mass is 9.80. The van der Waals surface area contributed by atoms with Crippen LogP contribution in [0.4, 0.5) is 0 Å². The van der Waals surface area contributed by atoms with Crippen LogP contribution in [0.1, 0.15) is 61.3 Å². The summed E-state index contributed by atoms with van der Waals surface area (Å²) in [6.07, 6.45) is 2.05. The van der Waals surface area contributed by atoms with Crippen molar-refractivity contribution in [2.75, 3.05) is 0 Å². The number of nitrogens with zero attached hydrogens (tertiary/aromatic N) is 1. The molecule has 1 heterocycles. The molecule has 0 N–H and O–H groups in total. The summed E-state index contributed by atoms with van der Waals surface area (Å²) in [5.41, 5.74) is 8.48. The molecular weight excluding hydrogens is 314 g/mol. The molecule has 1 aliphatic rings. The minimum atomic E-state index is -2.39. The van der Waals surface area contributed by atoms with Crippen LogP contribution in [0.3, 0.4) is 0 Å². The van der Waals surface area contributed by atoms with E-state index < -0.39 is 12.7 Å². The summed E-state index contributed by atoms with van der Waals surface area (Å²) >= 11 is 0.